The quantitative estimate of drug-likeness (QED) is 0.730. The number of hydrogen-bond donors (Lipinski definition) is 1. The zero-order chi connectivity index (χ0) is 12.8. The first-order valence-electron chi connectivity index (χ1n) is 8.17. The summed E-state index contributed by atoms with van der Waals surface area (Å²) in [5.41, 5.74) is 0. The van der Waals surface area contributed by atoms with Crippen molar-refractivity contribution in [1.29, 1.82) is 0 Å². The minimum atomic E-state index is 0.705. The van der Waals surface area contributed by atoms with E-state index in [0.29, 0.717) is 6.04 Å². The van der Waals surface area contributed by atoms with Crippen LogP contribution in [0.2, 0.25) is 0 Å². The van der Waals surface area contributed by atoms with Gasteiger partial charge in [-0.25, -0.2) is 0 Å². The second-order valence-corrected chi connectivity index (χ2v) is 6.70. The zero-order valence-corrected chi connectivity index (χ0v) is 12.5. The summed E-state index contributed by atoms with van der Waals surface area (Å²) in [4.78, 5) is 2.49. The molecule has 0 aromatic heterocycles. The summed E-state index contributed by atoms with van der Waals surface area (Å²) in [6.45, 7) is 6.21. The van der Waals surface area contributed by atoms with Crippen LogP contribution in [0.5, 0.6) is 0 Å². The molecule has 18 heavy (non-hydrogen) atoms. The molecule has 1 aliphatic carbocycles. The van der Waals surface area contributed by atoms with Gasteiger partial charge in [-0.15, -0.1) is 0 Å². The summed E-state index contributed by atoms with van der Waals surface area (Å²) in [5.74, 6) is 1.93. The molecule has 0 aromatic rings. The van der Waals surface area contributed by atoms with E-state index in [1.165, 1.54) is 71.0 Å². The summed E-state index contributed by atoms with van der Waals surface area (Å²) < 4.78 is 0. The van der Waals surface area contributed by atoms with Crippen LogP contribution < -0.4 is 5.32 Å². The minimum absolute atomic E-state index is 0.705. The van der Waals surface area contributed by atoms with Gasteiger partial charge in [0.25, 0.3) is 0 Å². The van der Waals surface area contributed by atoms with Crippen LogP contribution in [0.15, 0.2) is 0 Å². The summed E-state index contributed by atoms with van der Waals surface area (Å²) in [5, 5.41) is 3.77. The Balaban J connectivity index is 1.54. The Labute approximate surface area is 114 Å². The first-order valence-corrected chi connectivity index (χ1v) is 8.17. The molecule has 106 valence electrons. The van der Waals surface area contributed by atoms with Crippen molar-refractivity contribution in [2.45, 2.75) is 64.3 Å². The van der Waals surface area contributed by atoms with Gasteiger partial charge in [0, 0.05) is 12.6 Å². The maximum Gasteiger partial charge on any atom is 0.00792 e. The number of nitrogens with one attached hydrogen (secondary N) is 1. The number of nitrogens with zero attached hydrogens (tertiary/aromatic N) is 1. The van der Waals surface area contributed by atoms with Gasteiger partial charge in [0.2, 0.25) is 0 Å². The van der Waals surface area contributed by atoms with Crippen LogP contribution in [-0.2, 0) is 0 Å². The molecular weight excluding hydrogens is 220 g/mol. The Morgan fingerprint density at radius 3 is 2.67 bits per heavy atom. The third kappa shape index (κ3) is 4.55. The average molecular weight is 252 g/mol. The molecule has 0 spiro atoms. The third-order valence-corrected chi connectivity index (χ3v) is 5.10. The maximum atomic E-state index is 3.77. The second kappa shape index (κ2) is 7.49. The SMILES string of the molecule is CC(NCCCC1CCCC1)C1CCCN(C)C1. The predicted octanol–water partition coefficient (Wildman–Crippen LogP) is 3.28. The van der Waals surface area contributed by atoms with Crippen LogP contribution >= 0.6 is 0 Å². The molecule has 2 heteroatoms. The molecule has 2 rings (SSSR count). The Morgan fingerprint density at radius 1 is 1.17 bits per heavy atom. The van der Waals surface area contributed by atoms with Gasteiger partial charge in [0.05, 0.1) is 0 Å². The van der Waals surface area contributed by atoms with E-state index >= 15 is 0 Å². The highest BCUT2D eigenvalue weighted by Gasteiger charge is 2.22. The highest BCUT2D eigenvalue weighted by atomic mass is 15.1. The fourth-order valence-corrected chi connectivity index (χ4v) is 3.80. The van der Waals surface area contributed by atoms with Crippen molar-refractivity contribution < 1.29 is 0 Å². The highest BCUT2D eigenvalue weighted by molar-refractivity contribution is 4.79. The predicted molar refractivity (Wildman–Crippen MR) is 78.9 cm³/mol. The zero-order valence-electron chi connectivity index (χ0n) is 12.5. The third-order valence-electron chi connectivity index (χ3n) is 5.10. The normalized spacial score (nSPS) is 28.7. The minimum Gasteiger partial charge on any atom is -0.314 e. The lowest BCUT2D eigenvalue weighted by atomic mass is 9.91. The van der Waals surface area contributed by atoms with Gasteiger partial charge >= 0.3 is 0 Å². The van der Waals surface area contributed by atoms with Crippen LogP contribution in [0.3, 0.4) is 0 Å². The van der Waals surface area contributed by atoms with E-state index in [0.717, 1.165) is 11.8 Å². The Kier molecular flexibility index (Phi) is 5.97. The van der Waals surface area contributed by atoms with E-state index in [1.54, 1.807) is 0 Å². The molecule has 0 radical (unpaired) electrons. The van der Waals surface area contributed by atoms with Gasteiger partial charge in [0.15, 0.2) is 0 Å². The van der Waals surface area contributed by atoms with Gasteiger partial charge in [-0.05, 0) is 64.6 Å². The maximum absolute atomic E-state index is 3.77. The summed E-state index contributed by atoms with van der Waals surface area (Å²) in [6.07, 6.45) is 11.6. The largest absolute Gasteiger partial charge is 0.314 e. The van der Waals surface area contributed by atoms with Crippen molar-refractivity contribution in [3.05, 3.63) is 0 Å². The van der Waals surface area contributed by atoms with Crippen molar-refractivity contribution in [2.24, 2.45) is 11.8 Å². The molecule has 2 unspecified atom stereocenters. The van der Waals surface area contributed by atoms with E-state index in [4.69, 9.17) is 0 Å². The lowest BCUT2D eigenvalue weighted by Crippen LogP contribution is -2.43. The van der Waals surface area contributed by atoms with Gasteiger partial charge < -0.3 is 10.2 Å². The molecule has 2 atom stereocenters. The van der Waals surface area contributed by atoms with E-state index in [2.05, 4.69) is 24.2 Å². The van der Waals surface area contributed by atoms with Crippen molar-refractivity contribution in [2.75, 3.05) is 26.7 Å². The number of likely N-dealkylation sites (tertiary alicyclic amines) is 1. The van der Waals surface area contributed by atoms with Crippen LogP contribution in [0.4, 0.5) is 0 Å². The Morgan fingerprint density at radius 2 is 1.94 bits per heavy atom. The van der Waals surface area contributed by atoms with Crippen molar-refractivity contribution in [3.8, 4) is 0 Å². The number of piperidine rings is 1. The molecule has 2 aliphatic rings. The lowest BCUT2D eigenvalue weighted by Gasteiger charge is -2.34. The summed E-state index contributed by atoms with van der Waals surface area (Å²) >= 11 is 0. The molecule has 2 nitrogen and oxygen atoms in total. The van der Waals surface area contributed by atoms with E-state index in [1.807, 2.05) is 0 Å². The van der Waals surface area contributed by atoms with E-state index in [9.17, 15) is 0 Å². The monoisotopic (exact) mass is 252 g/mol. The van der Waals surface area contributed by atoms with Gasteiger partial charge in [-0.1, -0.05) is 25.7 Å². The van der Waals surface area contributed by atoms with Crippen LogP contribution in [0.1, 0.15) is 58.3 Å². The lowest BCUT2D eigenvalue weighted by molar-refractivity contribution is 0.178. The molecular formula is C16H32N2. The molecule has 1 saturated heterocycles. The van der Waals surface area contributed by atoms with Gasteiger partial charge in [-0.2, -0.15) is 0 Å². The first kappa shape index (κ1) is 14.3. The van der Waals surface area contributed by atoms with Crippen molar-refractivity contribution in [1.82, 2.24) is 10.2 Å². The number of rotatable bonds is 6. The highest BCUT2D eigenvalue weighted by Crippen LogP contribution is 2.28. The molecule has 1 saturated carbocycles. The molecule has 1 aliphatic heterocycles. The van der Waals surface area contributed by atoms with Crippen molar-refractivity contribution in [3.63, 3.8) is 0 Å². The Bertz CT molecular complexity index is 223. The molecule has 0 bridgehead atoms. The first-order chi connectivity index (χ1) is 8.75. The van der Waals surface area contributed by atoms with E-state index < -0.39 is 0 Å². The fraction of sp³-hybridized carbons (Fsp3) is 1.00. The molecule has 0 amide bonds. The molecule has 1 N–H and O–H groups in total. The van der Waals surface area contributed by atoms with Crippen LogP contribution in [-0.4, -0.2) is 37.6 Å². The van der Waals surface area contributed by atoms with Gasteiger partial charge in [0.1, 0.15) is 0 Å². The topological polar surface area (TPSA) is 15.3 Å². The summed E-state index contributed by atoms with van der Waals surface area (Å²) in [6, 6.07) is 0.705. The molecule has 0 aromatic carbocycles. The standard InChI is InChI=1S/C16H32N2/c1-14(16-10-6-12-18(2)13-16)17-11-5-9-15-7-3-4-8-15/h14-17H,3-13H2,1-2H3. The van der Waals surface area contributed by atoms with Crippen LogP contribution in [0, 0.1) is 11.8 Å². The average Bonchev–Trinajstić information content (AvgIpc) is 2.87. The fourth-order valence-electron chi connectivity index (χ4n) is 3.80. The molecule has 2 fully saturated rings. The number of hydrogen-bond acceptors (Lipinski definition) is 2. The smallest absolute Gasteiger partial charge is 0.00792 e. The van der Waals surface area contributed by atoms with Gasteiger partial charge in [-0.3, -0.25) is 0 Å². The van der Waals surface area contributed by atoms with E-state index in [-0.39, 0.29) is 0 Å². The Hall–Kier alpha value is -0.0800. The van der Waals surface area contributed by atoms with Crippen molar-refractivity contribution >= 4 is 0 Å². The van der Waals surface area contributed by atoms with Crippen LogP contribution in [0.25, 0.3) is 0 Å². The molecule has 1 heterocycles. The summed E-state index contributed by atoms with van der Waals surface area (Å²) in [7, 11) is 2.26. The second-order valence-electron chi connectivity index (χ2n) is 6.70.